The minimum absolute atomic E-state index is 0.225. The lowest BCUT2D eigenvalue weighted by atomic mass is 9.98. The molecule has 0 radical (unpaired) electrons. The first-order valence-corrected chi connectivity index (χ1v) is 9.62. The summed E-state index contributed by atoms with van der Waals surface area (Å²) in [4.78, 5) is 27.8. The average Bonchev–Trinajstić information content (AvgIpc) is 2.99. The van der Waals surface area contributed by atoms with E-state index in [-0.39, 0.29) is 5.78 Å². The first-order valence-electron chi connectivity index (χ1n) is 8.80. The van der Waals surface area contributed by atoms with Crippen molar-refractivity contribution in [3.05, 3.63) is 92.2 Å². The smallest absolute Gasteiger partial charge is 0.340 e. The number of ketones is 1. The van der Waals surface area contributed by atoms with Crippen LogP contribution in [-0.2, 0) is 4.74 Å². The van der Waals surface area contributed by atoms with Crippen LogP contribution in [0.3, 0.4) is 0 Å². The molecule has 1 heterocycles. The molecule has 0 N–H and O–H groups in total. The van der Waals surface area contributed by atoms with Gasteiger partial charge in [-0.25, -0.2) is 4.79 Å². The zero-order valence-electron chi connectivity index (χ0n) is 15.9. The molecule has 3 nitrogen and oxygen atoms in total. The summed E-state index contributed by atoms with van der Waals surface area (Å²) in [7, 11) is 0. The lowest BCUT2D eigenvalue weighted by Crippen LogP contribution is -2.20. The Balaban J connectivity index is 1.95. The Kier molecular flexibility index (Phi) is 5.57. The van der Waals surface area contributed by atoms with Crippen LogP contribution in [-0.4, -0.2) is 11.8 Å². The third-order valence-corrected chi connectivity index (χ3v) is 5.41. The molecule has 0 spiro atoms. The number of hydrogen-bond donors (Lipinski definition) is 0. The summed E-state index contributed by atoms with van der Waals surface area (Å²) in [6.45, 7) is 7.78. The number of Topliss-reactive ketones (excluding diaryl/α,β-unsaturated/α-hetero) is 1. The van der Waals surface area contributed by atoms with Gasteiger partial charge in [-0.15, -0.1) is 11.3 Å². The van der Waals surface area contributed by atoms with E-state index in [2.05, 4.69) is 0 Å². The van der Waals surface area contributed by atoms with Crippen LogP contribution in [0.1, 0.15) is 53.3 Å². The quantitative estimate of drug-likeness (QED) is 0.418. The van der Waals surface area contributed by atoms with Gasteiger partial charge in [0, 0.05) is 20.9 Å². The maximum absolute atomic E-state index is 13.1. The van der Waals surface area contributed by atoms with Crippen molar-refractivity contribution in [1.29, 1.82) is 0 Å². The van der Waals surface area contributed by atoms with Gasteiger partial charge >= 0.3 is 5.97 Å². The molecule has 0 unspecified atom stereocenters. The largest absolute Gasteiger partial charge is 0.445 e. The fourth-order valence-corrected chi connectivity index (χ4v) is 3.80. The van der Waals surface area contributed by atoms with Crippen LogP contribution in [0.15, 0.2) is 54.6 Å². The molecule has 0 fully saturated rings. The highest BCUT2D eigenvalue weighted by molar-refractivity contribution is 7.12. The minimum atomic E-state index is -0.972. The van der Waals surface area contributed by atoms with E-state index in [0.29, 0.717) is 16.7 Å². The second-order valence-corrected chi connectivity index (χ2v) is 8.21. The monoisotopic (exact) mass is 378 g/mol. The van der Waals surface area contributed by atoms with Crippen LogP contribution < -0.4 is 0 Å². The van der Waals surface area contributed by atoms with Gasteiger partial charge in [-0.05, 0) is 33.8 Å². The van der Waals surface area contributed by atoms with Crippen molar-refractivity contribution in [3.8, 4) is 0 Å². The van der Waals surface area contributed by atoms with E-state index in [1.807, 2.05) is 70.2 Å². The number of benzene rings is 2. The number of rotatable bonds is 5. The molecule has 1 aromatic heterocycles. The maximum atomic E-state index is 13.1. The van der Waals surface area contributed by atoms with E-state index in [0.717, 1.165) is 20.9 Å². The standard InChI is InChI=1S/C23H22O3S/c1-14-5-9-18(10-6-14)21(24)22(19-11-7-15(2)8-12-19)26-23(25)20-13-16(3)27-17(20)4/h5-13,22H,1-4H3/t22-/m1/s1. The Hall–Kier alpha value is -2.72. The molecule has 138 valence electrons. The third-order valence-electron chi connectivity index (χ3n) is 4.44. The highest BCUT2D eigenvalue weighted by atomic mass is 32.1. The summed E-state index contributed by atoms with van der Waals surface area (Å²) in [5.41, 5.74) is 3.86. The van der Waals surface area contributed by atoms with Gasteiger partial charge < -0.3 is 4.74 Å². The van der Waals surface area contributed by atoms with Crippen LogP contribution in [0.5, 0.6) is 0 Å². The molecule has 2 aromatic carbocycles. The van der Waals surface area contributed by atoms with Crippen molar-refractivity contribution in [2.24, 2.45) is 0 Å². The molecule has 0 saturated heterocycles. The summed E-state index contributed by atoms with van der Waals surface area (Å²) >= 11 is 1.54. The molecule has 0 aliphatic carbocycles. The molecule has 3 aromatic rings. The molecule has 3 rings (SSSR count). The fourth-order valence-electron chi connectivity index (χ4n) is 2.89. The zero-order valence-corrected chi connectivity index (χ0v) is 16.7. The molecular weight excluding hydrogens is 356 g/mol. The van der Waals surface area contributed by atoms with Crippen LogP contribution >= 0.6 is 11.3 Å². The van der Waals surface area contributed by atoms with Gasteiger partial charge in [0.05, 0.1) is 5.56 Å². The molecule has 0 saturated carbocycles. The molecular formula is C23H22O3S. The summed E-state index contributed by atoms with van der Waals surface area (Å²) in [5.74, 6) is -0.695. The van der Waals surface area contributed by atoms with Gasteiger partial charge in [-0.3, -0.25) is 4.79 Å². The van der Waals surface area contributed by atoms with Crippen molar-refractivity contribution in [3.63, 3.8) is 0 Å². The zero-order chi connectivity index (χ0) is 19.6. The van der Waals surface area contributed by atoms with Gasteiger partial charge in [0.1, 0.15) is 0 Å². The predicted molar refractivity (Wildman–Crippen MR) is 109 cm³/mol. The van der Waals surface area contributed by atoms with Gasteiger partial charge in [0.25, 0.3) is 0 Å². The number of aryl methyl sites for hydroxylation is 4. The van der Waals surface area contributed by atoms with E-state index in [4.69, 9.17) is 4.74 Å². The number of hydrogen-bond acceptors (Lipinski definition) is 4. The summed E-state index contributed by atoms with van der Waals surface area (Å²) in [5, 5.41) is 0. The Morgan fingerprint density at radius 2 is 1.41 bits per heavy atom. The molecule has 4 heteroatoms. The van der Waals surface area contributed by atoms with E-state index < -0.39 is 12.1 Å². The Bertz CT molecular complexity index is 966. The summed E-state index contributed by atoms with van der Waals surface area (Å²) < 4.78 is 5.72. The first kappa shape index (κ1) is 19.1. The topological polar surface area (TPSA) is 43.4 Å². The number of carbonyl (C=O) groups is 2. The number of carbonyl (C=O) groups excluding carboxylic acids is 2. The number of ether oxygens (including phenoxy) is 1. The van der Waals surface area contributed by atoms with E-state index in [1.54, 1.807) is 23.5 Å². The molecule has 1 atom stereocenters. The summed E-state index contributed by atoms with van der Waals surface area (Å²) in [6, 6.07) is 16.6. The first-order chi connectivity index (χ1) is 12.8. The fraction of sp³-hybridized carbons (Fsp3) is 0.217. The highest BCUT2D eigenvalue weighted by Crippen LogP contribution is 2.27. The predicted octanol–water partition coefficient (Wildman–Crippen LogP) is 5.76. The molecule has 0 aliphatic heterocycles. The second kappa shape index (κ2) is 7.89. The second-order valence-electron chi connectivity index (χ2n) is 6.75. The Labute approximate surface area is 163 Å². The molecule has 0 aliphatic rings. The van der Waals surface area contributed by atoms with Crippen LogP contribution in [0.2, 0.25) is 0 Å². The highest BCUT2D eigenvalue weighted by Gasteiger charge is 2.27. The average molecular weight is 378 g/mol. The normalized spacial score (nSPS) is 11.9. The van der Waals surface area contributed by atoms with Gasteiger partial charge in [-0.1, -0.05) is 59.7 Å². The van der Waals surface area contributed by atoms with Gasteiger partial charge in [0.2, 0.25) is 5.78 Å². The van der Waals surface area contributed by atoms with E-state index in [1.165, 1.54) is 0 Å². The Morgan fingerprint density at radius 1 is 0.852 bits per heavy atom. The van der Waals surface area contributed by atoms with E-state index in [9.17, 15) is 9.59 Å². The van der Waals surface area contributed by atoms with Gasteiger partial charge in [0.15, 0.2) is 6.10 Å². The van der Waals surface area contributed by atoms with Crippen molar-refractivity contribution >= 4 is 23.1 Å². The Morgan fingerprint density at radius 3 is 1.93 bits per heavy atom. The van der Waals surface area contributed by atoms with Crippen molar-refractivity contribution < 1.29 is 14.3 Å². The molecule has 27 heavy (non-hydrogen) atoms. The number of esters is 1. The maximum Gasteiger partial charge on any atom is 0.340 e. The lowest BCUT2D eigenvalue weighted by molar-refractivity contribution is 0.0280. The van der Waals surface area contributed by atoms with Crippen LogP contribution in [0.25, 0.3) is 0 Å². The van der Waals surface area contributed by atoms with Crippen molar-refractivity contribution in [2.75, 3.05) is 0 Å². The van der Waals surface area contributed by atoms with Crippen LogP contribution in [0, 0.1) is 27.7 Å². The molecule has 0 amide bonds. The summed E-state index contributed by atoms with van der Waals surface area (Å²) in [6.07, 6.45) is -0.972. The minimum Gasteiger partial charge on any atom is -0.445 e. The van der Waals surface area contributed by atoms with E-state index >= 15 is 0 Å². The van der Waals surface area contributed by atoms with Gasteiger partial charge in [-0.2, -0.15) is 0 Å². The molecule has 0 bridgehead atoms. The third kappa shape index (κ3) is 4.34. The van der Waals surface area contributed by atoms with Crippen LogP contribution in [0.4, 0.5) is 0 Å². The number of thiophene rings is 1. The lowest BCUT2D eigenvalue weighted by Gasteiger charge is -2.18. The SMILES string of the molecule is Cc1ccc(C(=O)[C@H](OC(=O)c2cc(C)sc2C)c2ccc(C)cc2)cc1. The van der Waals surface area contributed by atoms with Crippen molar-refractivity contribution in [1.82, 2.24) is 0 Å². The van der Waals surface area contributed by atoms with Crippen molar-refractivity contribution in [2.45, 2.75) is 33.8 Å².